The summed E-state index contributed by atoms with van der Waals surface area (Å²) >= 11 is 5.86. The van der Waals surface area contributed by atoms with Gasteiger partial charge in [0.25, 0.3) is 0 Å². The number of halogens is 3. The summed E-state index contributed by atoms with van der Waals surface area (Å²) in [6.45, 7) is -0.112. The Bertz CT molecular complexity index is 1700. The van der Waals surface area contributed by atoms with Gasteiger partial charge in [0.15, 0.2) is 11.6 Å². The van der Waals surface area contributed by atoms with E-state index in [4.69, 9.17) is 16.3 Å². The van der Waals surface area contributed by atoms with Crippen molar-refractivity contribution < 1.29 is 27.9 Å². The molecule has 2 aromatic carbocycles. The van der Waals surface area contributed by atoms with Crippen LogP contribution in [0.2, 0.25) is 5.02 Å². The van der Waals surface area contributed by atoms with E-state index in [2.05, 4.69) is 20.6 Å². The molecule has 2 N–H and O–H groups in total. The number of ether oxygens (including phenoxy) is 1. The van der Waals surface area contributed by atoms with Crippen molar-refractivity contribution >= 4 is 52.5 Å². The number of anilines is 4. The van der Waals surface area contributed by atoms with Crippen LogP contribution in [-0.4, -0.2) is 45.3 Å². The average Bonchev–Trinajstić information content (AvgIpc) is 3.83. The molecular formula is C30H23ClF2N6O4. The highest BCUT2D eigenvalue weighted by Crippen LogP contribution is 2.34. The van der Waals surface area contributed by atoms with Gasteiger partial charge in [0, 0.05) is 42.8 Å². The van der Waals surface area contributed by atoms with Crippen LogP contribution in [0.5, 0.6) is 11.5 Å². The smallest absolute Gasteiger partial charge is 0.331 e. The lowest BCUT2D eigenvalue weighted by atomic mass is 10.0. The van der Waals surface area contributed by atoms with Crippen molar-refractivity contribution in [2.45, 2.75) is 18.9 Å². The third-order valence-electron chi connectivity index (χ3n) is 6.87. The predicted octanol–water partition coefficient (Wildman–Crippen LogP) is 6.13. The lowest BCUT2D eigenvalue weighted by Gasteiger charge is -2.38. The molecule has 1 saturated carbocycles. The van der Waals surface area contributed by atoms with Crippen LogP contribution in [0.15, 0.2) is 79.1 Å². The van der Waals surface area contributed by atoms with Gasteiger partial charge < -0.3 is 20.3 Å². The quantitative estimate of drug-likeness (QED) is 0.232. The number of amides is 4. The first-order valence-corrected chi connectivity index (χ1v) is 13.7. The molecule has 13 heteroatoms. The molecule has 10 nitrogen and oxygen atoms in total. The van der Waals surface area contributed by atoms with Crippen molar-refractivity contribution in [3.8, 4) is 11.5 Å². The molecule has 1 saturated heterocycles. The molecule has 0 radical (unpaired) electrons. The maximum Gasteiger partial charge on any atom is 0.331 e. The SMILES string of the molecule is O=C(Nc1ccc(Oc2ccnc(Nc3ccc(Cl)cn3)c2)c(F)c1)C1CN(C2CC2)C(=O)N(c2ccc(F)cc2)C1=O. The number of carbonyl (C=O) groups excluding carboxylic acids is 3. The summed E-state index contributed by atoms with van der Waals surface area (Å²) in [4.78, 5) is 50.4. The molecule has 43 heavy (non-hydrogen) atoms. The van der Waals surface area contributed by atoms with Gasteiger partial charge in [-0.15, -0.1) is 0 Å². The van der Waals surface area contributed by atoms with Gasteiger partial charge in [0.2, 0.25) is 11.8 Å². The van der Waals surface area contributed by atoms with Crippen molar-refractivity contribution in [3.63, 3.8) is 0 Å². The molecule has 2 aliphatic rings. The summed E-state index contributed by atoms with van der Waals surface area (Å²) in [6.07, 6.45) is 4.47. The molecule has 1 aliphatic heterocycles. The lowest BCUT2D eigenvalue weighted by molar-refractivity contribution is -0.132. The predicted molar refractivity (Wildman–Crippen MR) is 154 cm³/mol. The first kappa shape index (κ1) is 28.0. The largest absolute Gasteiger partial charge is 0.454 e. The molecule has 1 aliphatic carbocycles. The van der Waals surface area contributed by atoms with Crippen LogP contribution in [0.3, 0.4) is 0 Å². The van der Waals surface area contributed by atoms with Gasteiger partial charge in [0.1, 0.15) is 29.1 Å². The molecular weight excluding hydrogens is 582 g/mol. The minimum absolute atomic E-state index is 0.0842. The second-order valence-electron chi connectivity index (χ2n) is 9.97. The average molecular weight is 605 g/mol. The fourth-order valence-corrected chi connectivity index (χ4v) is 4.70. The fourth-order valence-electron chi connectivity index (χ4n) is 4.59. The molecule has 0 bridgehead atoms. The Balaban J connectivity index is 1.15. The van der Waals surface area contributed by atoms with Crippen LogP contribution < -0.4 is 20.3 Å². The van der Waals surface area contributed by atoms with Crippen molar-refractivity contribution in [1.82, 2.24) is 14.9 Å². The maximum absolute atomic E-state index is 15.0. The van der Waals surface area contributed by atoms with Crippen molar-refractivity contribution in [2.24, 2.45) is 5.92 Å². The van der Waals surface area contributed by atoms with Crippen LogP contribution in [0.1, 0.15) is 12.8 Å². The molecule has 218 valence electrons. The third kappa shape index (κ3) is 6.24. The highest BCUT2D eigenvalue weighted by Gasteiger charge is 2.48. The zero-order chi connectivity index (χ0) is 30.1. The number of rotatable bonds is 8. The number of hydrogen-bond acceptors (Lipinski definition) is 7. The van der Waals surface area contributed by atoms with E-state index in [-0.39, 0.29) is 29.7 Å². The first-order chi connectivity index (χ1) is 20.7. The molecule has 6 rings (SSSR count). The number of pyridine rings is 2. The Hall–Kier alpha value is -5.10. The summed E-state index contributed by atoms with van der Waals surface area (Å²) in [5.74, 6) is -2.90. The van der Waals surface area contributed by atoms with E-state index in [1.165, 1.54) is 41.6 Å². The lowest BCUT2D eigenvalue weighted by Crippen LogP contribution is -2.60. The summed E-state index contributed by atoms with van der Waals surface area (Å²) < 4.78 is 34.2. The highest BCUT2D eigenvalue weighted by atomic mass is 35.5. The van der Waals surface area contributed by atoms with Crippen molar-refractivity contribution in [1.29, 1.82) is 0 Å². The Morgan fingerprint density at radius 1 is 0.953 bits per heavy atom. The number of nitrogens with zero attached hydrogens (tertiary/aromatic N) is 4. The van der Waals surface area contributed by atoms with E-state index in [0.29, 0.717) is 22.4 Å². The van der Waals surface area contributed by atoms with Gasteiger partial charge in [-0.25, -0.2) is 28.4 Å². The van der Waals surface area contributed by atoms with Gasteiger partial charge in [-0.05, 0) is 67.4 Å². The third-order valence-corrected chi connectivity index (χ3v) is 7.09. The Morgan fingerprint density at radius 3 is 2.44 bits per heavy atom. The number of carbonyl (C=O) groups is 3. The zero-order valence-electron chi connectivity index (χ0n) is 22.3. The summed E-state index contributed by atoms with van der Waals surface area (Å²) in [5.41, 5.74) is 0.253. The van der Waals surface area contributed by atoms with Crippen LogP contribution >= 0.6 is 11.6 Å². The first-order valence-electron chi connectivity index (χ1n) is 13.3. The van der Waals surface area contributed by atoms with Crippen LogP contribution in [0.4, 0.5) is 36.6 Å². The standard InChI is InChI=1S/C30H23ClF2N6O4/c31-17-1-10-26(35-15-17)37-27-14-22(11-12-34-27)43-25-9-4-19(13-24(25)33)36-28(40)23-16-38(20-7-8-20)30(42)39(29(23)41)21-5-2-18(32)3-6-21/h1-6,9-15,20,23H,7-8,16H2,(H,36,40)(H,34,35,37). The normalized spacial score (nSPS) is 16.7. The van der Waals surface area contributed by atoms with Gasteiger partial charge in [-0.3, -0.25) is 9.59 Å². The van der Waals surface area contributed by atoms with E-state index in [9.17, 15) is 18.8 Å². The van der Waals surface area contributed by atoms with Crippen LogP contribution in [-0.2, 0) is 9.59 Å². The summed E-state index contributed by atoms with van der Waals surface area (Å²) in [5, 5.41) is 6.05. The van der Waals surface area contributed by atoms with E-state index in [1.54, 1.807) is 24.3 Å². The van der Waals surface area contributed by atoms with Gasteiger partial charge in [-0.2, -0.15) is 0 Å². The zero-order valence-corrected chi connectivity index (χ0v) is 23.1. The molecule has 0 spiro atoms. The maximum atomic E-state index is 15.0. The Kier molecular flexibility index (Phi) is 7.59. The molecule has 1 atom stereocenters. The molecule has 2 fully saturated rings. The van der Waals surface area contributed by atoms with Gasteiger partial charge >= 0.3 is 6.03 Å². The molecule has 4 amide bonds. The number of aromatic nitrogens is 2. The number of nitrogens with one attached hydrogen (secondary N) is 2. The molecule has 2 aromatic heterocycles. The Morgan fingerprint density at radius 2 is 1.74 bits per heavy atom. The number of imide groups is 1. The Labute approximate surface area is 249 Å². The van der Waals surface area contributed by atoms with E-state index < -0.39 is 35.4 Å². The van der Waals surface area contributed by atoms with Crippen LogP contribution in [0.25, 0.3) is 0 Å². The minimum Gasteiger partial charge on any atom is -0.454 e. The highest BCUT2D eigenvalue weighted by molar-refractivity contribution is 6.30. The number of urea groups is 1. The van der Waals surface area contributed by atoms with Crippen molar-refractivity contribution in [2.75, 3.05) is 22.1 Å². The second-order valence-corrected chi connectivity index (χ2v) is 10.4. The van der Waals surface area contributed by atoms with Gasteiger partial charge in [-0.1, -0.05) is 11.6 Å². The van der Waals surface area contributed by atoms with Crippen LogP contribution in [0, 0.1) is 17.6 Å². The monoisotopic (exact) mass is 604 g/mol. The van der Waals surface area contributed by atoms with Crippen molar-refractivity contribution in [3.05, 3.63) is 95.8 Å². The molecule has 3 heterocycles. The second kappa shape index (κ2) is 11.6. The summed E-state index contributed by atoms with van der Waals surface area (Å²) in [7, 11) is 0. The fraction of sp³-hybridized carbons (Fsp3) is 0.167. The topological polar surface area (TPSA) is 117 Å². The number of benzene rings is 2. The van der Waals surface area contributed by atoms with E-state index in [1.807, 2.05) is 0 Å². The van der Waals surface area contributed by atoms with E-state index >= 15 is 4.39 Å². The molecule has 4 aromatic rings. The molecule has 1 unspecified atom stereocenters. The summed E-state index contributed by atoms with van der Waals surface area (Å²) in [6, 6.07) is 14.5. The van der Waals surface area contributed by atoms with E-state index in [0.717, 1.165) is 35.9 Å². The number of hydrogen-bond donors (Lipinski definition) is 2. The minimum atomic E-state index is -1.25. The van der Waals surface area contributed by atoms with Gasteiger partial charge in [0.05, 0.1) is 10.7 Å².